The molecule has 1 aliphatic heterocycles. The Kier molecular flexibility index (Phi) is 3.31. The Balaban J connectivity index is 2.07. The van der Waals surface area contributed by atoms with Crippen LogP contribution in [0, 0.1) is 0 Å². The minimum Gasteiger partial charge on any atom is -0.506 e. The molecule has 0 radical (unpaired) electrons. The molecule has 1 saturated heterocycles. The van der Waals surface area contributed by atoms with Gasteiger partial charge in [0.1, 0.15) is 5.75 Å². The number of halogens is 1. The van der Waals surface area contributed by atoms with E-state index in [4.69, 9.17) is 11.6 Å². The number of benzene rings is 1. The molecule has 1 heterocycles. The third-order valence-electron chi connectivity index (χ3n) is 2.59. The van der Waals surface area contributed by atoms with Crippen molar-refractivity contribution in [2.75, 3.05) is 11.9 Å². The first-order chi connectivity index (χ1) is 7.66. The summed E-state index contributed by atoms with van der Waals surface area (Å²) in [5.74, 6) is -0.106. The SMILES string of the molecule is O=C(Nc1cc(Cl)ccc1O)C1CCCN1. The zero-order chi connectivity index (χ0) is 11.5. The fraction of sp³-hybridized carbons (Fsp3) is 0.364. The molecule has 16 heavy (non-hydrogen) atoms. The minimum atomic E-state index is -0.168. The summed E-state index contributed by atoms with van der Waals surface area (Å²) in [4.78, 5) is 11.8. The summed E-state index contributed by atoms with van der Waals surface area (Å²) in [6, 6.07) is 4.39. The Morgan fingerprint density at radius 3 is 3.06 bits per heavy atom. The number of amides is 1. The van der Waals surface area contributed by atoms with E-state index in [-0.39, 0.29) is 17.7 Å². The summed E-state index contributed by atoms with van der Waals surface area (Å²) in [6.07, 6.45) is 1.83. The first kappa shape index (κ1) is 11.2. The van der Waals surface area contributed by atoms with Crippen LogP contribution >= 0.6 is 11.6 Å². The molecular weight excluding hydrogens is 228 g/mol. The lowest BCUT2D eigenvalue weighted by Crippen LogP contribution is -2.35. The fourth-order valence-electron chi connectivity index (χ4n) is 1.74. The van der Waals surface area contributed by atoms with E-state index in [0.29, 0.717) is 10.7 Å². The van der Waals surface area contributed by atoms with Crippen LogP contribution in [0.25, 0.3) is 0 Å². The average molecular weight is 241 g/mol. The van der Waals surface area contributed by atoms with Gasteiger partial charge in [0.15, 0.2) is 0 Å². The van der Waals surface area contributed by atoms with Gasteiger partial charge in [0.2, 0.25) is 5.91 Å². The molecule has 86 valence electrons. The van der Waals surface area contributed by atoms with Gasteiger partial charge < -0.3 is 15.7 Å². The van der Waals surface area contributed by atoms with Crippen LogP contribution in [0.1, 0.15) is 12.8 Å². The number of aromatic hydroxyl groups is 1. The van der Waals surface area contributed by atoms with Gasteiger partial charge in [-0.05, 0) is 37.6 Å². The van der Waals surface area contributed by atoms with Crippen LogP contribution in [0.5, 0.6) is 5.75 Å². The Hall–Kier alpha value is -1.26. The summed E-state index contributed by atoms with van der Waals surface area (Å²) in [7, 11) is 0. The number of carbonyl (C=O) groups excluding carboxylic acids is 1. The van der Waals surface area contributed by atoms with E-state index in [1.165, 1.54) is 12.1 Å². The van der Waals surface area contributed by atoms with Crippen molar-refractivity contribution in [2.24, 2.45) is 0 Å². The standard InChI is InChI=1S/C11H13ClN2O2/c12-7-3-4-10(15)9(6-7)14-11(16)8-2-1-5-13-8/h3-4,6,8,13,15H,1-2,5H2,(H,14,16). The molecule has 0 aliphatic carbocycles. The molecule has 1 amide bonds. The minimum absolute atomic E-state index is 0.0238. The molecule has 1 atom stereocenters. The van der Waals surface area contributed by atoms with Gasteiger partial charge in [-0.15, -0.1) is 0 Å². The largest absolute Gasteiger partial charge is 0.506 e. The summed E-state index contributed by atoms with van der Waals surface area (Å²) < 4.78 is 0. The molecule has 3 N–H and O–H groups in total. The third-order valence-corrected chi connectivity index (χ3v) is 2.83. The molecule has 2 rings (SSSR count). The Labute approximate surface area is 98.6 Å². The van der Waals surface area contributed by atoms with Gasteiger partial charge >= 0.3 is 0 Å². The van der Waals surface area contributed by atoms with Crippen LogP contribution < -0.4 is 10.6 Å². The molecule has 1 unspecified atom stereocenters. The maximum Gasteiger partial charge on any atom is 0.241 e. The lowest BCUT2D eigenvalue weighted by molar-refractivity contribution is -0.117. The van der Waals surface area contributed by atoms with Gasteiger partial charge in [0.25, 0.3) is 0 Å². The van der Waals surface area contributed by atoms with E-state index >= 15 is 0 Å². The van der Waals surface area contributed by atoms with E-state index in [1.54, 1.807) is 6.07 Å². The van der Waals surface area contributed by atoms with Crippen molar-refractivity contribution >= 4 is 23.2 Å². The van der Waals surface area contributed by atoms with Gasteiger partial charge in [0, 0.05) is 5.02 Å². The molecule has 5 heteroatoms. The van der Waals surface area contributed by atoms with Gasteiger partial charge in [-0.25, -0.2) is 0 Å². The molecule has 0 spiro atoms. The Morgan fingerprint density at radius 2 is 2.38 bits per heavy atom. The number of carbonyl (C=O) groups is 1. The quantitative estimate of drug-likeness (QED) is 0.690. The second-order valence-corrected chi connectivity index (χ2v) is 4.24. The summed E-state index contributed by atoms with van der Waals surface area (Å²) in [5.41, 5.74) is 0.353. The molecule has 1 aromatic rings. The topological polar surface area (TPSA) is 61.4 Å². The fourth-order valence-corrected chi connectivity index (χ4v) is 1.91. The van der Waals surface area contributed by atoms with Crippen LogP contribution in [-0.2, 0) is 4.79 Å². The number of hydrogen-bond donors (Lipinski definition) is 3. The highest BCUT2D eigenvalue weighted by molar-refractivity contribution is 6.31. The number of rotatable bonds is 2. The second-order valence-electron chi connectivity index (χ2n) is 3.80. The lowest BCUT2D eigenvalue weighted by Gasteiger charge is -2.12. The lowest BCUT2D eigenvalue weighted by atomic mass is 10.2. The number of phenols is 1. The summed E-state index contributed by atoms with van der Waals surface area (Å²) in [5, 5.41) is 15.8. The Bertz CT molecular complexity index is 403. The maximum atomic E-state index is 11.8. The van der Waals surface area contributed by atoms with Crippen molar-refractivity contribution in [1.82, 2.24) is 5.32 Å². The van der Waals surface area contributed by atoms with E-state index < -0.39 is 0 Å². The smallest absolute Gasteiger partial charge is 0.241 e. The molecular formula is C11H13ClN2O2. The van der Waals surface area contributed by atoms with Gasteiger partial charge in [-0.2, -0.15) is 0 Å². The van der Waals surface area contributed by atoms with Crippen LogP contribution in [0.2, 0.25) is 5.02 Å². The highest BCUT2D eigenvalue weighted by Gasteiger charge is 2.22. The zero-order valence-corrected chi connectivity index (χ0v) is 9.42. The molecule has 1 aliphatic rings. The third kappa shape index (κ3) is 2.46. The normalized spacial score (nSPS) is 19.7. The molecule has 0 aromatic heterocycles. The summed E-state index contributed by atoms with van der Waals surface area (Å²) >= 11 is 5.78. The first-order valence-electron chi connectivity index (χ1n) is 5.19. The van der Waals surface area contributed by atoms with Gasteiger partial charge in [-0.3, -0.25) is 4.79 Å². The average Bonchev–Trinajstić information content (AvgIpc) is 2.76. The number of hydrogen-bond acceptors (Lipinski definition) is 3. The van der Waals surface area contributed by atoms with Crippen LogP contribution in [0.15, 0.2) is 18.2 Å². The number of phenolic OH excluding ortho intramolecular Hbond substituents is 1. The van der Waals surface area contributed by atoms with Gasteiger partial charge in [-0.1, -0.05) is 11.6 Å². The van der Waals surface area contributed by atoms with Crippen molar-refractivity contribution < 1.29 is 9.90 Å². The molecule has 4 nitrogen and oxygen atoms in total. The highest BCUT2D eigenvalue weighted by atomic mass is 35.5. The van der Waals surface area contributed by atoms with Crippen molar-refractivity contribution in [3.8, 4) is 5.75 Å². The highest BCUT2D eigenvalue weighted by Crippen LogP contribution is 2.26. The van der Waals surface area contributed by atoms with Crippen molar-refractivity contribution in [3.63, 3.8) is 0 Å². The Morgan fingerprint density at radius 1 is 1.56 bits per heavy atom. The number of anilines is 1. The van der Waals surface area contributed by atoms with Crippen LogP contribution in [-0.4, -0.2) is 23.6 Å². The van der Waals surface area contributed by atoms with Crippen molar-refractivity contribution in [3.05, 3.63) is 23.2 Å². The molecule has 1 fully saturated rings. The van der Waals surface area contributed by atoms with E-state index in [0.717, 1.165) is 19.4 Å². The zero-order valence-electron chi connectivity index (χ0n) is 8.66. The maximum absolute atomic E-state index is 11.8. The molecule has 0 bridgehead atoms. The molecule has 1 aromatic carbocycles. The monoisotopic (exact) mass is 240 g/mol. The van der Waals surface area contributed by atoms with Crippen molar-refractivity contribution in [1.29, 1.82) is 0 Å². The predicted molar refractivity (Wildman–Crippen MR) is 62.8 cm³/mol. The van der Waals surface area contributed by atoms with Crippen LogP contribution in [0.3, 0.4) is 0 Å². The van der Waals surface area contributed by atoms with E-state index in [1.807, 2.05) is 0 Å². The first-order valence-corrected chi connectivity index (χ1v) is 5.57. The predicted octanol–water partition coefficient (Wildman–Crippen LogP) is 1.74. The van der Waals surface area contributed by atoms with Gasteiger partial charge in [0.05, 0.1) is 11.7 Å². The summed E-state index contributed by atoms with van der Waals surface area (Å²) in [6.45, 7) is 0.861. The molecule has 0 saturated carbocycles. The van der Waals surface area contributed by atoms with E-state index in [9.17, 15) is 9.90 Å². The number of nitrogens with one attached hydrogen (secondary N) is 2. The van der Waals surface area contributed by atoms with E-state index in [2.05, 4.69) is 10.6 Å². The van der Waals surface area contributed by atoms with Crippen molar-refractivity contribution in [2.45, 2.75) is 18.9 Å². The second kappa shape index (κ2) is 4.72. The van der Waals surface area contributed by atoms with Crippen LogP contribution in [0.4, 0.5) is 5.69 Å².